The van der Waals surface area contributed by atoms with Crippen LogP contribution in [0.5, 0.6) is 0 Å². The Balaban J connectivity index is 2.14. The molecule has 4 heteroatoms. The molecule has 1 aromatic rings. The number of hydrogen-bond acceptors (Lipinski definition) is 4. The van der Waals surface area contributed by atoms with Crippen LogP contribution in [0.25, 0.3) is 0 Å². The largest absolute Gasteiger partial charge is 0.377 e. The fourth-order valence-electron chi connectivity index (χ4n) is 3.28. The Morgan fingerprint density at radius 2 is 2.05 bits per heavy atom. The molecule has 1 unspecified atom stereocenters. The number of hydrogen-bond donors (Lipinski definition) is 1. The van der Waals surface area contributed by atoms with Gasteiger partial charge >= 0.3 is 0 Å². The molecule has 1 fully saturated rings. The SMILES string of the molecule is CCNC(Cc1nc(C(C)(C)C)cs1)C1(OC)CCCC1. The number of aromatic nitrogens is 1. The van der Waals surface area contributed by atoms with Gasteiger partial charge in [0.25, 0.3) is 0 Å². The second-order valence-electron chi connectivity index (χ2n) is 7.17. The van der Waals surface area contributed by atoms with E-state index in [0.29, 0.717) is 6.04 Å². The number of ether oxygens (including phenoxy) is 1. The van der Waals surface area contributed by atoms with Crippen molar-refractivity contribution in [1.82, 2.24) is 10.3 Å². The Labute approximate surface area is 133 Å². The van der Waals surface area contributed by atoms with Gasteiger partial charge in [-0.2, -0.15) is 0 Å². The molecule has 0 radical (unpaired) electrons. The van der Waals surface area contributed by atoms with E-state index in [1.165, 1.54) is 36.4 Å². The zero-order valence-corrected chi connectivity index (χ0v) is 15.0. The van der Waals surface area contributed by atoms with E-state index in [0.717, 1.165) is 13.0 Å². The molecule has 1 saturated carbocycles. The molecule has 0 aliphatic heterocycles. The zero-order chi connectivity index (χ0) is 15.5. The molecule has 1 aliphatic carbocycles. The standard InChI is InChI=1S/C17H30N2OS/c1-6-18-13(17(20-5)9-7-8-10-17)11-15-19-14(12-21-15)16(2,3)4/h12-13,18H,6-11H2,1-5H3. The first-order valence-corrected chi connectivity index (χ1v) is 9.02. The topological polar surface area (TPSA) is 34.2 Å². The molecule has 21 heavy (non-hydrogen) atoms. The van der Waals surface area contributed by atoms with Gasteiger partial charge in [-0.15, -0.1) is 11.3 Å². The minimum absolute atomic E-state index is 0.00355. The Kier molecular flexibility index (Phi) is 5.44. The smallest absolute Gasteiger partial charge is 0.0945 e. The van der Waals surface area contributed by atoms with E-state index >= 15 is 0 Å². The van der Waals surface area contributed by atoms with Gasteiger partial charge in [-0.05, 0) is 19.4 Å². The van der Waals surface area contributed by atoms with Gasteiger partial charge in [0.1, 0.15) is 0 Å². The van der Waals surface area contributed by atoms with E-state index in [1.807, 2.05) is 7.11 Å². The van der Waals surface area contributed by atoms with E-state index in [9.17, 15) is 0 Å². The van der Waals surface area contributed by atoms with Crippen molar-refractivity contribution in [3.05, 3.63) is 16.1 Å². The van der Waals surface area contributed by atoms with Crippen molar-refractivity contribution in [3.63, 3.8) is 0 Å². The number of nitrogens with zero attached hydrogens (tertiary/aromatic N) is 1. The Morgan fingerprint density at radius 1 is 1.38 bits per heavy atom. The molecule has 0 bridgehead atoms. The van der Waals surface area contributed by atoms with E-state index in [2.05, 4.69) is 38.4 Å². The highest BCUT2D eigenvalue weighted by Crippen LogP contribution is 2.37. The maximum absolute atomic E-state index is 5.97. The van der Waals surface area contributed by atoms with Gasteiger partial charge in [-0.3, -0.25) is 0 Å². The van der Waals surface area contributed by atoms with Crippen LogP contribution in [0.3, 0.4) is 0 Å². The Morgan fingerprint density at radius 3 is 2.52 bits per heavy atom. The number of methoxy groups -OCH3 is 1. The van der Waals surface area contributed by atoms with Gasteiger partial charge < -0.3 is 10.1 Å². The molecule has 1 atom stereocenters. The van der Waals surface area contributed by atoms with Crippen molar-refractivity contribution in [3.8, 4) is 0 Å². The summed E-state index contributed by atoms with van der Waals surface area (Å²) in [5.74, 6) is 0. The summed E-state index contributed by atoms with van der Waals surface area (Å²) in [7, 11) is 1.87. The van der Waals surface area contributed by atoms with Gasteiger partial charge in [-0.1, -0.05) is 40.5 Å². The lowest BCUT2D eigenvalue weighted by Gasteiger charge is -2.36. The molecule has 120 valence electrons. The minimum atomic E-state index is 0.00355. The number of likely N-dealkylation sites (N-methyl/N-ethyl adjacent to an activating group) is 1. The predicted octanol–water partition coefficient (Wildman–Crippen LogP) is 3.92. The number of thiazole rings is 1. The lowest BCUT2D eigenvalue weighted by molar-refractivity contribution is -0.0351. The first-order chi connectivity index (χ1) is 9.91. The summed E-state index contributed by atoms with van der Waals surface area (Å²) in [6.07, 6.45) is 5.86. The average Bonchev–Trinajstić information content (AvgIpc) is 3.07. The van der Waals surface area contributed by atoms with Crippen LogP contribution in [-0.2, 0) is 16.6 Å². The van der Waals surface area contributed by atoms with Crippen LogP contribution in [0.1, 0.15) is 64.1 Å². The first kappa shape index (κ1) is 16.9. The maximum Gasteiger partial charge on any atom is 0.0945 e. The van der Waals surface area contributed by atoms with Crippen LogP contribution in [0.2, 0.25) is 0 Å². The van der Waals surface area contributed by atoms with Crippen LogP contribution in [-0.4, -0.2) is 30.3 Å². The van der Waals surface area contributed by atoms with Gasteiger partial charge in [0.2, 0.25) is 0 Å². The molecule has 0 amide bonds. The second-order valence-corrected chi connectivity index (χ2v) is 8.11. The third-order valence-electron chi connectivity index (χ3n) is 4.64. The van der Waals surface area contributed by atoms with Crippen molar-refractivity contribution in [2.45, 2.75) is 76.9 Å². The van der Waals surface area contributed by atoms with E-state index in [4.69, 9.17) is 9.72 Å². The Hall–Kier alpha value is -0.450. The molecule has 1 aromatic heterocycles. The van der Waals surface area contributed by atoms with E-state index in [1.54, 1.807) is 11.3 Å². The van der Waals surface area contributed by atoms with Gasteiger partial charge in [0, 0.05) is 30.4 Å². The number of rotatable bonds is 6. The van der Waals surface area contributed by atoms with Crippen LogP contribution in [0.4, 0.5) is 0 Å². The number of nitrogens with one attached hydrogen (secondary N) is 1. The van der Waals surface area contributed by atoms with E-state index < -0.39 is 0 Å². The molecule has 1 heterocycles. The van der Waals surface area contributed by atoms with Crippen molar-refractivity contribution in [1.29, 1.82) is 0 Å². The van der Waals surface area contributed by atoms with Gasteiger partial charge in [0.05, 0.1) is 16.3 Å². The summed E-state index contributed by atoms with van der Waals surface area (Å²) < 4.78 is 5.97. The highest BCUT2D eigenvalue weighted by atomic mass is 32.1. The quantitative estimate of drug-likeness (QED) is 0.864. The zero-order valence-electron chi connectivity index (χ0n) is 14.2. The summed E-state index contributed by atoms with van der Waals surface area (Å²) in [5, 5.41) is 7.10. The summed E-state index contributed by atoms with van der Waals surface area (Å²) >= 11 is 1.79. The van der Waals surface area contributed by atoms with E-state index in [-0.39, 0.29) is 11.0 Å². The molecule has 0 aromatic carbocycles. The van der Waals surface area contributed by atoms with Crippen molar-refractivity contribution >= 4 is 11.3 Å². The average molecular weight is 311 g/mol. The van der Waals surface area contributed by atoms with Crippen LogP contribution in [0, 0.1) is 0 Å². The highest BCUT2D eigenvalue weighted by Gasteiger charge is 2.41. The van der Waals surface area contributed by atoms with Crippen molar-refractivity contribution in [2.75, 3.05) is 13.7 Å². The molecule has 1 aliphatic rings. The predicted molar refractivity (Wildman–Crippen MR) is 90.2 cm³/mol. The summed E-state index contributed by atoms with van der Waals surface area (Å²) in [4.78, 5) is 4.86. The van der Waals surface area contributed by atoms with Crippen LogP contribution in [0.15, 0.2) is 5.38 Å². The fourth-order valence-corrected chi connectivity index (χ4v) is 4.35. The first-order valence-electron chi connectivity index (χ1n) is 8.15. The second kappa shape index (κ2) is 6.76. The van der Waals surface area contributed by atoms with Gasteiger partial charge in [0.15, 0.2) is 0 Å². The summed E-state index contributed by atoms with van der Waals surface area (Å²) in [6, 6.07) is 0.369. The van der Waals surface area contributed by atoms with Crippen molar-refractivity contribution in [2.24, 2.45) is 0 Å². The minimum Gasteiger partial charge on any atom is -0.377 e. The van der Waals surface area contributed by atoms with Gasteiger partial charge in [-0.25, -0.2) is 4.98 Å². The lowest BCUT2D eigenvalue weighted by Crippen LogP contribution is -2.51. The monoisotopic (exact) mass is 310 g/mol. The maximum atomic E-state index is 5.97. The third kappa shape index (κ3) is 3.85. The summed E-state index contributed by atoms with van der Waals surface area (Å²) in [6.45, 7) is 9.82. The molecular formula is C17H30N2OS. The highest BCUT2D eigenvalue weighted by molar-refractivity contribution is 7.09. The molecule has 2 rings (SSSR count). The lowest BCUT2D eigenvalue weighted by atomic mass is 9.89. The summed E-state index contributed by atoms with van der Waals surface area (Å²) in [5.41, 5.74) is 1.34. The molecule has 3 nitrogen and oxygen atoms in total. The molecular weight excluding hydrogens is 280 g/mol. The fraction of sp³-hybridized carbons (Fsp3) is 0.824. The van der Waals surface area contributed by atoms with Crippen LogP contribution < -0.4 is 5.32 Å². The molecule has 0 spiro atoms. The molecule has 0 saturated heterocycles. The Bertz CT molecular complexity index is 444. The van der Waals surface area contributed by atoms with Crippen molar-refractivity contribution < 1.29 is 4.74 Å². The van der Waals surface area contributed by atoms with Crippen LogP contribution >= 0.6 is 11.3 Å². The normalized spacial score (nSPS) is 19.9. The third-order valence-corrected chi connectivity index (χ3v) is 5.51. The molecule has 1 N–H and O–H groups in total.